The highest BCUT2D eigenvalue weighted by Crippen LogP contribution is 2.31. The summed E-state index contributed by atoms with van der Waals surface area (Å²) in [6.07, 6.45) is 3.20. The normalized spacial score (nSPS) is 10.4. The van der Waals surface area contributed by atoms with Gasteiger partial charge in [-0.15, -0.1) is 0 Å². The largest absolute Gasteiger partial charge is 0.465 e. The van der Waals surface area contributed by atoms with Crippen molar-refractivity contribution in [2.24, 2.45) is 0 Å². The average molecular weight is 345 g/mol. The second-order valence-corrected chi connectivity index (χ2v) is 6.02. The highest BCUT2D eigenvalue weighted by Gasteiger charge is 2.16. The van der Waals surface area contributed by atoms with E-state index in [0.717, 1.165) is 34.2 Å². The third-order valence-electron chi connectivity index (χ3n) is 4.32. The van der Waals surface area contributed by atoms with E-state index in [1.807, 2.05) is 31.2 Å². The van der Waals surface area contributed by atoms with Gasteiger partial charge in [0.15, 0.2) is 6.29 Å². The SMILES string of the molecule is COC(=O)c1ccc(-c2c(C)ccnc2Cc2ccccc2)c(C=O)c1. The number of ether oxygens (including phenoxy) is 1. The lowest BCUT2D eigenvalue weighted by atomic mass is 9.92. The molecule has 0 unspecified atom stereocenters. The summed E-state index contributed by atoms with van der Waals surface area (Å²) >= 11 is 0. The van der Waals surface area contributed by atoms with Gasteiger partial charge in [0.1, 0.15) is 0 Å². The molecule has 0 saturated carbocycles. The van der Waals surface area contributed by atoms with E-state index in [2.05, 4.69) is 17.1 Å². The first-order valence-electron chi connectivity index (χ1n) is 8.30. The maximum atomic E-state index is 11.8. The number of aromatic nitrogens is 1. The molecule has 0 fully saturated rings. The molecule has 1 heterocycles. The molecule has 3 aromatic rings. The van der Waals surface area contributed by atoms with E-state index in [9.17, 15) is 9.59 Å². The zero-order chi connectivity index (χ0) is 18.5. The van der Waals surface area contributed by atoms with Crippen LogP contribution in [-0.4, -0.2) is 24.3 Å². The predicted molar refractivity (Wildman–Crippen MR) is 100 cm³/mol. The first-order chi connectivity index (χ1) is 12.6. The van der Waals surface area contributed by atoms with Gasteiger partial charge in [0.05, 0.1) is 18.4 Å². The van der Waals surface area contributed by atoms with Gasteiger partial charge in [-0.3, -0.25) is 9.78 Å². The number of nitrogens with zero attached hydrogens (tertiary/aromatic N) is 1. The van der Waals surface area contributed by atoms with Gasteiger partial charge in [0, 0.05) is 23.7 Å². The van der Waals surface area contributed by atoms with Crippen LogP contribution in [0.1, 0.15) is 37.5 Å². The molecule has 2 aromatic carbocycles. The summed E-state index contributed by atoms with van der Waals surface area (Å²) in [4.78, 5) is 28.0. The van der Waals surface area contributed by atoms with E-state index in [1.54, 1.807) is 24.4 Å². The Kier molecular flexibility index (Phi) is 5.23. The van der Waals surface area contributed by atoms with Crippen LogP contribution in [0, 0.1) is 6.92 Å². The van der Waals surface area contributed by atoms with Crippen LogP contribution in [0.2, 0.25) is 0 Å². The van der Waals surface area contributed by atoms with Gasteiger partial charge >= 0.3 is 5.97 Å². The standard InChI is InChI=1S/C22H19NO3/c1-15-10-11-23-20(12-16-6-4-3-5-7-16)21(15)19-9-8-17(22(25)26-2)13-18(19)14-24/h3-11,13-14H,12H2,1-2H3. The number of aldehydes is 1. The Morgan fingerprint density at radius 1 is 1.12 bits per heavy atom. The molecule has 0 amide bonds. The lowest BCUT2D eigenvalue weighted by molar-refractivity contribution is 0.0600. The molecule has 1 aromatic heterocycles. The number of hydrogen-bond acceptors (Lipinski definition) is 4. The summed E-state index contributed by atoms with van der Waals surface area (Å²) in [6.45, 7) is 1.99. The van der Waals surface area contributed by atoms with Crippen LogP contribution in [0.15, 0.2) is 60.8 Å². The molecule has 0 radical (unpaired) electrons. The van der Waals surface area contributed by atoms with Crippen LogP contribution in [0.5, 0.6) is 0 Å². The van der Waals surface area contributed by atoms with Gasteiger partial charge in [-0.05, 0) is 41.8 Å². The van der Waals surface area contributed by atoms with Gasteiger partial charge in [0.2, 0.25) is 0 Å². The molecule has 0 N–H and O–H groups in total. The van der Waals surface area contributed by atoms with Crippen molar-refractivity contribution < 1.29 is 14.3 Å². The van der Waals surface area contributed by atoms with Crippen LogP contribution >= 0.6 is 0 Å². The van der Waals surface area contributed by atoms with E-state index in [1.165, 1.54) is 7.11 Å². The Morgan fingerprint density at radius 2 is 1.88 bits per heavy atom. The minimum Gasteiger partial charge on any atom is -0.465 e. The van der Waals surface area contributed by atoms with Crippen molar-refractivity contribution >= 4 is 12.3 Å². The Hall–Kier alpha value is -3.27. The lowest BCUT2D eigenvalue weighted by Gasteiger charge is -2.14. The molecule has 0 atom stereocenters. The Balaban J connectivity index is 2.12. The minimum atomic E-state index is -0.466. The van der Waals surface area contributed by atoms with Crippen LogP contribution in [0.25, 0.3) is 11.1 Å². The molecule has 130 valence electrons. The summed E-state index contributed by atoms with van der Waals surface area (Å²) < 4.78 is 4.74. The van der Waals surface area contributed by atoms with Crippen LogP contribution < -0.4 is 0 Å². The molecule has 0 aliphatic heterocycles. The van der Waals surface area contributed by atoms with Gasteiger partial charge in [-0.25, -0.2) is 4.79 Å². The summed E-state index contributed by atoms with van der Waals surface area (Å²) in [6, 6.07) is 17.0. The summed E-state index contributed by atoms with van der Waals surface area (Å²) in [5, 5.41) is 0. The van der Waals surface area contributed by atoms with Crippen molar-refractivity contribution in [1.29, 1.82) is 0 Å². The van der Waals surface area contributed by atoms with Crippen LogP contribution in [0.3, 0.4) is 0 Å². The lowest BCUT2D eigenvalue weighted by Crippen LogP contribution is -2.04. The van der Waals surface area contributed by atoms with E-state index >= 15 is 0 Å². The van der Waals surface area contributed by atoms with Crippen molar-refractivity contribution in [2.75, 3.05) is 7.11 Å². The summed E-state index contributed by atoms with van der Waals surface area (Å²) in [7, 11) is 1.32. The number of carbonyl (C=O) groups excluding carboxylic acids is 2. The van der Waals surface area contributed by atoms with Gasteiger partial charge in [-0.1, -0.05) is 36.4 Å². The number of hydrogen-bond donors (Lipinski definition) is 0. The molecule has 3 rings (SSSR count). The van der Waals surface area contributed by atoms with E-state index in [4.69, 9.17) is 4.74 Å². The monoisotopic (exact) mass is 345 g/mol. The molecule has 4 heteroatoms. The first kappa shape index (κ1) is 17.5. The number of aryl methyl sites for hydroxylation is 1. The molecular weight excluding hydrogens is 326 g/mol. The van der Waals surface area contributed by atoms with Gasteiger partial charge < -0.3 is 4.74 Å². The second kappa shape index (κ2) is 7.74. The van der Waals surface area contributed by atoms with Crippen LogP contribution in [0.4, 0.5) is 0 Å². The second-order valence-electron chi connectivity index (χ2n) is 6.02. The molecule has 0 saturated heterocycles. The zero-order valence-electron chi connectivity index (χ0n) is 14.7. The fraction of sp³-hybridized carbons (Fsp3) is 0.136. The van der Waals surface area contributed by atoms with Crippen molar-refractivity contribution in [3.8, 4) is 11.1 Å². The number of methoxy groups -OCH3 is 1. The van der Waals surface area contributed by atoms with Crippen molar-refractivity contribution in [2.45, 2.75) is 13.3 Å². The predicted octanol–water partition coefficient (Wildman–Crippen LogP) is 4.25. The number of rotatable bonds is 5. The molecule has 26 heavy (non-hydrogen) atoms. The number of carbonyl (C=O) groups is 2. The fourth-order valence-corrected chi connectivity index (χ4v) is 3.04. The maximum Gasteiger partial charge on any atom is 0.337 e. The highest BCUT2D eigenvalue weighted by molar-refractivity contribution is 5.96. The number of pyridine rings is 1. The smallest absolute Gasteiger partial charge is 0.337 e. The first-order valence-corrected chi connectivity index (χ1v) is 8.30. The molecule has 0 aliphatic carbocycles. The third-order valence-corrected chi connectivity index (χ3v) is 4.32. The summed E-state index contributed by atoms with van der Waals surface area (Å²) in [5.41, 5.74) is 5.55. The fourth-order valence-electron chi connectivity index (χ4n) is 3.04. The third kappa shape index (κ3) is 3.54. The maximum absolute atomic E-state index is 11.8. The molecule has 0 bridgehead atoms. The molecule has 4 nitrogen and oxygen atoms in total. The van der Waals surface area contributed by atoms with E-state index < -0.39 is 5.97 Å². The Morgan fingerprint density at radius 3 is 2.58 bits per heavy atom. The minimum absolute atomic E-state index is 0.351. The van der Waals surface area contributed by atoms with Crippen molar-refractivity contribution in [1.82, 2.24) is 4.98 Å². The number of esters is 1. The number of benzene rings is 2. The summed E-state index contributed by atoms with van der Waals surface area (Å²) in [5.74, 6) is -0.466. The molecular formula is C22H19NO3. The molecule has 0 spiro atoms. The van der Waals surface area contributed by atoms with E-state index in [-0.39, 0.29) is 0 Å². The Bertz CT molecular complexity index is 949. The van der Waals surface area contributed by atoms with Crippen molar-refractivity contribution in [3.05, 3.63) is 88.7 Å². The van der Waals surface area contributed by atoms with Gasteiger partial charge in [-0.2, -0.15) is 0 Å². The zero-order valence-corrected chi connectivity index (χ0v) is 14.7. The Labute approximate surface area is 152 Å². The molecule has 0 aliphatic rings. The van der Waals surface area contributed by atoms with Gasteiger partial charge in [0.25, 0.3) is 0 Å². The highest BCUT2D eigenvalue weighted by atomic mass is 16.5. The van der Waals surface area contributed by atoms with E-state index in [0.29, 0.717) is 17.5 Å². The topological polar surface area (TPSA) is 56.3 Å². The average Bonchev–Trinajstić information content (AvgIpc) is 2.68. The quantitative estimate of drug-likeness (QED) is 0.512. The van der Waals surface area contributed by atoms with Crippen molar-refractivity contribution in [3.63, 3.8) is 0 Å². The van der Waals surface area contributed by atoms with Crippen LogP contribution in [-0.2, 0) is 11.2 Å².